The fourth-order valence-electron chi connectivity index (χ4n) is 3.20. The first kappa shape index (κ1) is 31.5. The zero-order chi connectivity index (χ0) is 30.7. The van der Waals surface area contributed by atoms with E-state index in [1.807, 2.05) is 0 Å². The second kappa shape index (κ2) is 14.5. The molecule has 0 amide bonds. The maximum Gasteiger partial charge on any atom is 0.420 e. The summed E-state index contributed by atoms with van der Waals surface area (Å²) in [5, 5.41) is 0. The molecule has 0 atom stereocenters. The van der Waals surface area contributed by atoms with Gasteiger partial charge in [0.25, 0.3) is 0 Å². The predicted molar refractivity (Wildman–Crippen MR) is 136 cm³/mol. The monoisotopic (exact) mass is 594 g/mol. The van der Waals surface area contributed by atoms with Gasteiger partial charge in [0.1, 0.15) is 30.3 Å². The van der Waals surface area contributed by atoms with Crippen LogP contribution in [-0.2, 0) is 38.5 Å². The molecule has 0 unspecified atom stereocenters. The Morgan fingerprint density at radius 1 is 0.667 bits per heavy atom. The minimum absolute atomic E-state index is 0.170. The van der Waals surface area contributed by atoms with Gasteiger partial charge in [-0.25, -0.2) is 18.4 Å². The smallest absolute Gasteiger partial charge is 0.420 e. The van der Waals surface area contributed by atoms with Crippen molar-refractivity contribution in [2.75, 3.05) is 13.6 Å². The van der Waals surface area contributed by atoms with Crippen LogP contribution in [0.4, 0.5) is 22.0 Å². The van der Waals surface area contributed by atoms with Gasteiger partial charge >= 0.3 is 18.1 Å². The number of alkyl halides is 3. The van der Waals surface area contributed by atoms with Crippen LogP contribution in [-0.4, -0.2) is 25.5 Å². The maximum absolute atomic E-state index is 14.3. The van der Waals surface area contributed by atoms with Crippen LogP contribution in [0.15, 0.2) is 79.9 Å². The zero-order valence-electron chi connectivity index (χ0n) is 21.7. The Kier molecular flexibility index (Phi) is 10.9. The average molecular weight is 594 g/mol. The number of carbonyl (C=O) groups is 2. The number of hydrogen-bond acceptors (Lipinski definition) is 8. The third-order valence-electron chi connectivity index (χ3n) is 5.21. The first-order valence-corrected chi connectivity index (χ1v) is 11.9. The number of halogens is 5. The van der Waals surface area contributed by atoms with Crippen molar-refractivity contribution in [2.45, 2.75) is 19.4 Å². The lowest BCUT2D eigenvalue weighted by molar-refractivity contribution is -0.145. The number of carbonyl (C=O) groups excluding carboxylic acids is 2. The van der Waals surface area contributed by atoms with Crippen LogP contribution in [0.2, 0.25) is 0 Å². The summed E-state index contributed by atoms with van der Waals surface area (Å²) in [6, 6.07) is 10.3. The summed E-state index contributed by atoms with van der Waals surface area (Å²) in [4.78, 5) is 22.0. The molecule has 3 aromatic rings. The highest BCUT2D eigenvalue weighted by molar-refractivity contribution is 5.81. The van der Waals surface area contributed by atoms with Gasteiger partial charge < -0.3 is 28.4 Å². The van der Waals surface area contributed by atoms with Crippen molar-refractivity contribution in [2.24, 2.45) is 0 Å². The number of rotatable bonds is 14. The summed E-state index contributed by atoms with van der Waals surface area (Å²) in [7, 11) is 0. The van der Waals surface area contributed by atoms with E-state index in [1.54, 1.807) is 0 Å². The van der Waals surface area contributed by atoms with Crippen LogP contribution in [0.5, 0.6) is 23.0 Å². The number of hydrogen-bond donors (Lipinski definition) is 0. The molecule has 3 aromatic carbocycles. The molecule has 8 nitrogen and oxygen atoms in total. The van der Waals surface area contributed by atoms with E-state index in [-0.39, 0.29) is 35.0 Å². The van der Waals surface area contributed by atoms with Crippen LogP contribution in [0.25, 0.3) is 0 Å². The van der Waals surface area contributed by atoms with E-state index in [9.17, 15) is 31.5 Å². The summed E-state index contributed by atoms with van der Waals surface area (Å²) < 4.78 is 99.7. The highest BCUT2D eigenvalue weighted by Gasteiger charge is 2.35. The van der Waals surface area contributed by atoms with E-state index in [2.05, 4.69) is 22.6 Å². The largest absolute Gasteiger partial charge is 0.489 e. The second-order valence-electron chi connectivity index (χ2n) is 8.12. The predicted octanol–water partition coefficient (Wildman–Crippen LogP) is 6.27. The molecule has 0 radical (unpaired) electrons. The first-order chi connectivity index (χ1) is 20.0. The van der Waals surface area contributed by atoms with Crippen molar-refractivity contribution >= 4 is 11.9 Å². The van der Waals surface area contributed by atoms with Gasteiger partial charge in [0.2, 0.25) is 13.6 Å². The molecule has 0 aliphatic carbocycles. The van der Waals surface area contributed by atoms with Crippen LogP contribution in [0, 0.1) is 11.6 Å². The third kappa shape index (κ3) is 9.25. The molecule has 0 aromatic heterocycles. The Morgan fingerprint density at radius 2 is 1.14 bits per heavy atom. The zero-order valence-corrected chi connectivity index (χ0v) is 21.7. The maximum atomic E-state index is 14.3. The van der Waals surface area contributed by atoms with E-state index in [1.165, 1.54) is 30.3 Å². The lowest BCUT2D eigenvalue weighted by atomic mass is 10.1. The molecule has 0 fully saturated rings. The average Bonchev–Trinajstić information content (AvgIpc) is 2.96. The molecule has 0 N–H and O–H groups in total. The normalized spacial score (nSPS) is 10.8. The van der Waals surface area contributed by atoms with E-state index in [0.29, 0.717) is 0 Å². The molecule has 0 saturated heterocycles. The van der Waals surface area contributed by atoms with E-state index >= 15 is 0 Å². The van der Waals surface area contributed by atoms with Gasteiger partial charge in [-0.3, -0.25) is 0 Å². The molecule has 0 bridgehead atoms. The van der Waals surface area contributed by atoms with Crippen LogP contribution in [0.1, 0.15) is 16.7 Å². The Labute approximate surface area is 236 Å². The van der Waals surface area contributed by atoms with Gasteiger partial charge in [0.15, 0.2) is 23.1 Å². The Hall–Kier alpha value is -5.07. The number of ether oxygens (including phenoxy) is 6. The standard InChI is InChI=1S/C29H23F5O8/c1-3-27(35)41-16-39-25-8-5-18(11-22(25)30)14-37-20-7-10-24(21(13-20)29(32,33)34)38-15-19-6-9-26(23(31)12-19)40-17-42-28(36)4-2/h3-13H,1-2,14-17H2. The number of esters is 2. The summed E-state index contributed by atoms with van der Waals surface area (Å²) >= 11 is 0. The topological polar surface area (TPSA) is 89.5 Å². The minimum Gasteiger partial charge on any atom is -0.489 e. The third-order valence-corrected chi connectivity index (χ3v) is 5.21. The van der Waals surface area contributed by atoms with Crippen LogP contribution in [0.3, 0.4) is 0 Å². The van der Waals surface area contributed by atoms with Crippen molar-refractivity contribution < 1.29 is 60.0 Å². The SMILES string of the molecule is C=CC(=O)OCOc1ccc(COc2ccc(OCc3ccc(OCOC(=O)C=C)c(F)c3)c(C(F)(F)F)c2)cc1F. The highest BCUT2D eigenvalue weighted by atomic mass is 19.4. The molecule has 13 heteroatoms. The lowest BCUT2D eigenvalue weighted by Gasteiger charge is -2.16. The molecule has 0 aliphatic rings. The fourth-order valence-corrected chi connectivity index (χ4v) is 3.20. The van der Waals surface area contributed by atoms with Crippen LogP contribution < -0.4 is 18.9 Å². The second-order valence-corrected chi connectivity index (χ2v) is 8.12. The summed E-state index contributed by atoms with van der Waals surface area (Å²) in [6.07, 6.45) is -3.00. The lowest BCUT2D eigenvalue weighted by Crippen LogP contribution is -2.10. The Morgan fingerprint density at radius 3 is 1.60 bits per heavy atom. The van der Waals surface area contributed by atoms with Gasteiger partial charge in [0, 0.05) is 12.2 Å². The molecular weight excluding hydrogens is 571 g/mol. The van der Waals surface area contributed by atoms with Crippen molar-refractivity contribution in [3.63, 3.8) is 0 Å². The summed E-state index contributed by atoms with van der Waals surface area (Å²) in [5.74, 6) is -4.34. The molecule has 222 valence electrons. The fraction of sp³-hybridized carbons (Fsp3) is 0.172. The molecule has 0 heterocycles. The molecule has 0 spiro atoms. The van der Waals surface area contributed by atoms with Crippen LogP contribution >= 0.6 is 0 Å². The van der Waals surface area contributed by atoms with E-state index in [0.717, 1.165) is 36.4 Å². The molecule has 0 aliphatic heterocycles. The van der Waals surface area contributed by atoms with Gasteiger partial charge in [-0.2, -0.15) is 13.2 Å². The van der Waals surface area contributed by atoms with Gasteiger partial charge in [0.05, 0.1) is 0 Å². The Bertz CT molecular complexity index is 1440. The van der Waals surface area contributed by atoms with E-state index < -0.39 is 61.3 Å². The summed E-state index contributed by atoms with van der Waals surface area (Å²) in [6.45, 7) is 4.61. The molecular formula is C29H23F5O8. The van der Waals surface area contributed by atoms with E-state index in [4.69, 9.17) is 18.9 Å². The van der Waals surface area contributed by atoms with Gasteiger partial charge in [-0.05, 0) is 53.6 Å². The molecule has 42 heavy (non-hydrogen) atoms. The molecule has 3 rings (SSSR count). The minimum atomic E-state index is -4.82. The quantitative estimate of drug-likeness (QED) is 0.0934. The van der Waals surface area contributed by atoms with Gasteiger partial charge in [-0.15, -0.1) is 0 Å². The van der Waals surface area contributed by atoms with Crippen molar-refractivity contribution in [1.82, 2.24) is 0 Å². The van der Waals surface area contributed by atoms with Crippen molar-refractivity contribution in [3.05, 3.63) is 108 Å². The highest BCUT2D eigenvalue weighted by Crippen LogP contribution is 2.39. The first-order valence-electron chi connectivity index (χ1n) is 11.9. The van der Waals surface area contributed by atoms with Crippen molar-refractivity contribution in [1.29, 1.82) is 0 Å². The van der Waals surface area contributed by atoms with Crippen molar-refractivity contribution in [3.8, 4) is 23.0 Å². The molecule has 0 saturated carbocycles. The Balaban J connectivity index is 1.62. The van der Waals surface area contributed by atoms with Gasteiger partial charge in [-0.1, -0.05) is 25.3 Å². The number of benzene rings is 3. The summed E-state index contributed by atoms with van der Waals surface area (Å²) in [5.41, 5.74) is -0.664.